The fourth-order valence-corrected chi connectivity index (χ4v) is 2.93. The molecule has 22 heavy (non-hydrogen) atoms. The predicted octanol–water partition coefficient (Wildman–Crippen LogP) is 1.27. The molecule has 1 aliphatic heterocycles. The SMILES string of the molecule is COc1ccc2nccc(CCC3(O)CCN(N)CC3)c2n1. The molecule has 0 saturated carbocycles. The quantitative estimate of drug-likeness (QED) is 0.828. The molecule has 0 amide bonds. The van der Waals surface area contributed by atoms with Crippen LogP contribution in [0.15, 0.2) is 24.4 Å². The molecule has 2 aromatic heterocycles. The summed E-state index contributed by atoms with van der Waals surface area (Å²) >= 11 is 0. The summed E-state index contributed by atoms with van der Waals surface area (Å²) in [7, 11) is 1.60. The molecule has 6 nitrogen and oxygen atoms in total. The number of aryl methyl sites for hydroxylation is 1. The van der Waals surface area contributed by atoms with Gasteiger partial charge in [-0.15, -0.1) is 0 Å². The highest BCUT2D eigenvalue weighted by atomic mass is 16.5. The van der Waals surface area contributed by atoms with Crippen molar-refractivity contribution in [3.8, 4) is 5.88 Å². The van der Waals surface area contributed by atoms with E-state index in [4.69, 9.17) is 10.6 Å². The van der Waals surface area contributed by atoms with E-state index in [0.29, 0.717) is 25.1 Å². The molecule has 0 spiro atoms. The van der Waals surface area contributed by atoms with Crippen molar-refractivity contribution >= 4 is 11.0 Å². The average Bonchev–Trinajstić information content (AvgIpc) is 2.55. The van der Waals surface area contributed by atoms with E-state index in [-0.39, 0.29) is 0 Å². The molecule has 0 atom stereocenters. The summed E-state index contributed by atoms with van der Waals surface area (Å²) in [6, 6.07) is 5.69. The van der Waals surface area contributed by atoms with Crippen LogP contribution >= 0.6 is 0 Å². The van der Waals surface area contributed by atoms with Crippen LogP contribution in [0.3, 0.4) is 0 Å². The minimum absolute atomic E-state index is 0.580. The molecule has 0 bridgehead atoms. The minimum atomic E-state index is -0.635. The highest BCUT2D eigenvalue weighted by Gasteiger charge is 2.31. The minimum Gasteiger partial charge on any atom is -0.481 e. The molecule has 118 valence electrons. The van der Waals surface area contributed by atoms with Gasteiger partial charge in [-0.3, -0.25) is 10.8 Å². The van der Waals surface area contributed by atoms with Crippen LogP contribution in [0, 0.1) is 0 Å². The molecule has 0 aromatic carbocycles. The topological polar surface area (TPSA) is 84.5 Å². The van der Waals surface area contributed by atoms with Gasteiger partial charge in [-0.25, -0.2) is 9.99 Å². The number of hydrogen-bond acceptors (Lipinski definition) is 6. The Kier molecular flexibility index (Phi) is 4.24. The van der Waals surface area contributed by atoms with Crippen molar-refractivity contribution in [3.63, 3.8) is 0 Å². The number of fused-ring (bicyclic) bond motifs is 1. The molecule has 2 aromatic rings. The van der Waals surface area contributed by atoms with Gasteiger partial charge in [0.2, 0.25) is 5.88 Å². The summed E-state index contributed by atoms with van der Waals surface area (Å²) in [5.41, 5.74) is 2.15. The number of piperidine rings is 1. The van der Waals surface area contributed by atoms with E-state index in [2.05, 4.69) is 9.97 Å². The number of nitrogens with zero attached hydrogens (tertiary/aromatic N) is 3. The van der Waals surface area contributed by atoms with E-state index < -0.39 is 5.60 Å². The Morgan fingerprint density at radius 3 is 2.82 bits per heavy atom. The summed E-state index contributed by atoms with van der Waals surface area (Å²) in [5, 5.41) is 12.4. The highest BCUT2D eigenvalue weighted by Crippen LogP contribution is 2.28. The molecule has 3 N–H and O–H groups in total. The Morgan fingerprint density at radius 1 is 1.32 bits per heavy atom. The first kappa shape index (κ1) is 15.1. The largest absolute Gasteiger partial charge is 0.481 e. The fraction of sp³-hybridized carbons (Fsp3) is 0.500. The number of aromatic nitrogens is 2. The van der Waals surface area contributed by atoms with Crippen LogP contribution in [-0.4, -0.2) is 45.9 Å². The zero-order chi connectivity index (χ0) is 15.6. The van der Waals surface area contributed by atoms with E-state index in [1.807, 2.05) is 18.2 Å². The first-order chi connectivity index (χ1) is 10.6. The molecule has 0 unspecified atom stereocenters. The van der Waals surface area contributed by atoms with Gasteiger partial charge in [-0.1, -0.05) is 0 Å². The maximum Gasteiger partial charge on any atom is 0.213 e. The van der Waals surface area contributed by atoms with E-state index in [1.54, 1.807) is 18.3 Å². The molecule has 1 fully saturated rings. The third kappa shape index (κ3) is 3.19. The monoisotopic (exact) mass is 302 g/mol. The lowest BCUT2D eigenvalue weighted by molar-refractivity contribution is -0.0275. The Balaban J connectivity index is 1.79. The summed E-state index contributed by atoms with van der Waals surface area (Å²) in [6.45, 7) is 1.47. The third-order valence-electron chi connectivity index (χ3n) is 4.44. The second-order valence-electron chi connectivity index (χ2n) is 5.95. The van der Waals surface area contributed by atoms with Crippen LogP contribution in [0.4, 0.5) is 0 Å². The summed E-state index contributed by atoms with van der Waals surface area (Å²) in [4.78, 5) is 8.83. The number of ether oxygens (including phenoxy) is 1. The molecule has 3 heterocycles. The number of hydrazine groups is 1. The number of aliphatic hydroxyl groups is 1. The van der Waals surface area contributed by atoms with Gasteiger partial charge in [-0.2, -0.15) is 0 Å². The third-order valence-corrected chi connectivity index (χ3v) is 4.44. The highest BCUT2D eigenvalue weighted by molar-refractivity contribution is 5.78. The van der Waals surface area contributed by atoms with Gasteiger partial charge >= 0.3 is 0 Å². The Bertz CT molecular complexity index is 654. The first-order valence-corrected chi connectivity index (χ1v) is 7.60. The van der Waals surface area contributed by atoms with Crippen molar-refractivity contribution in [3.05, 3.63) is 30.0 Å². The van der Waals surface area contributed by atoms with Crippen LogP contribution in [0.25, 0.3) is 11.0 Å². The normalized spacial score (nSPS) is 18.5. The lowest BCUT2D eigenvalue weighted by atomic mass is 9.86. The summed E-state index contributed by atoms with van der Waals surface area (Å²) in [5.74, 6) is 6.34. The van der Waals surface area contributed by atoms with Crippen LogP contribution < -0.4 is 10.6 Å². The lowest BCUT2D eigenvalue weighted by Crippen LogP contribution is -2.47. The van der Waals surface area contributed by atoms with Crippen molar-refractivity contribution in [2.24, 2.45) is 5.84 Å². The van der Waals surface area contributed by atoms with Gasteiger partial charge in [-0.05, 0) is 43.4 Å². The second kappa shape index (κ2) is 6.16. The van der Waals surface area contributed by atoms with Gasteiger partial charge in [0, 0.05) is 25.4 Å². The Labute approximate surface area is 129 Å². The molecule has 3 rings (SSSR count). The number of nitrogens with two attached hydrogens (primary N) is 1. The van der Waals surface area contributed by atoms with E-state index >= 15 is 0 Å². The number of rotatable bonds is 4. The number of hydrogen-bond donors (Lipinski definition) is 2. The molecular weight excluding hydrogens is 280 g/mol. The summed E-state index contributed by atoms with van der Waals surface area (Å²) < 4.78 is 5.20. The molecule has 6 heteroatoms. The average molecular weight is 302 g/mol. The standard InChI is InChI=1S/C16H22N4O2/c1-22-14-3-2-13-15(19-14)12(5-9-18-13)4-6-16(21)7-10-20(17)11-8-16/h2-3,5,9,21H,4,6-8,10-11,17H2,1H3. The fourth-order valence-electron chi connectivity index (χ4n) is 2.93. The van der Waals surface area contributed by atoms with Crippen molar-refractivity contribution in [1.29, 1.82) is 0 Å². The smallest absolute Gasteiger partial charge is 0.213 e. The van der Waals surface area contributed by atoms with Gasteiger partial charge < -0.3 is 9.84 Å². The summed E-state index contributed by atoms with van der Waals surface area (Å²) in [6.07, 6.45) is 4.68. The van der Waals surface area contributed by atoms with Gasteiger partial charge in [0.15, 0.2) is 0 Å². The lowest BCUT2D eigenvalue weighted by Gasteiger charge is -2.36. The van der Waals surface area contributed by atoms with Crippen molar-refractivity contribution in [2.75, 3.05) is 20.2 Å². The van der Waals surface area contributed by atoms with Crippen LogP contribution in [-0.2, 0) is 6.42 Å². The van der Waals surface area contributed by atoms with Crippen molar-refractivity contribution in [1.82, 2.24) is 15.0 Å². The maximum atomic E-state index is 10.7. The first-order valence-electron chi connectivity index (χ1n) is 7.60. The van der Waals surface area contributed by atoms with Crippen molar-refractivity contribution in [2.45, 2.75) is 31.3 Å². The van der Waals surface area contributed by atoms with Crippen LogP contribution in [0.5, 0.6) is 5.88 Å². The van der Waals surface area contributed by atoms with Crippen LogP contribution in [0.1, 0.15) is 24.8 Å². The van der Waals surface area contributed by atoms with Gasteiger partial charge in [0.25, 0.3) is 0 Å². The van der Waals surface area contributed by atoms with E-state index in [9.17, 15) is 5.11 Å². The zero-order valence-corrected chi connectivity index (χ0v) is 12.8. The zero-order valence-electron chi connectivity index (χ0n) is 12.8. The maximum absolute atomic E-state index is 10.7. The molecule has 1 saturated heterocycles. The molecule has 0 aliphatic carbocycles. The van der Waals surface area contributed by atoms with E-state index in [1.165, 1.54) is 0 Å². The van der Waals surface area contributed by atoms with Gasteiger partial charge in [0.1, 0.15) is 0 Å². The Hall–Kier alpha value is -1.76. The molecular formula is C16H22N4O2. The molecule has 1 aliphatic rings. The number of pyridine rings is 2. The molecule has 0 radical (unpaired) electrons. The predicted molar refractivity (Wildman–Crippen MR) is 84.4 cm³/mol. The Morgan fingerprint density at radius 2 is 2.09 bits per heavy atom. The van der Waals surface area contributed by atoms with Crippen LogP contribution in [0.2, 0.25) is 0 Å². The van der Waals surface area contributed by atoms with Gasteiger partial charge in [0.05, 0.1) is 23.7 Å². The number of methoxy groups -OCH3 is 1. The van der Waals surface area contributed by atoms with E-state index in [0.717, 1.165) is 36.1 Å². The van der Waals surface area contributed by atoms with Crippen molar-refractivity contribution < 1.29 is 9.84 Å². The second-order valence-corrected chi connectivity index (χ2v) is 5.95.